The van der Waals surface area contributed by atoms with E-state index in [-0.39, 0.29) is 18.0 Å². The summed E-state index contributed by atoms with van der Waals surface area (Å²) < 4.78 is 5.55. The van der Waals surface area contributed by atoms with Gasteiger partial charge in [0, 0.05) is 6.07 Å². The van der Waals surface area contributed by atoms with Gasteiger partial charge in [-0.25, -0.2) is 0 Å². The van der Waals surface area contributed by atoms with Gasteiger partial charge in [-0.3, -0.25) is 10.1 Å². The molecule has 5 nitrogen and oxygen atoms in total. The first-order valence-electron chi connectivity index (χ1n) is 6.29. The third-order valence-electron chi connectivity index (χ3n) is 2.96. The van der Waals surface area contributed by atoms with Crippen molar-refractivity contribution in [3.05, 3.63) is 63.7 Å². The Balaban J connectivity index is 2.29. The second-order valence-corrected chi connectivity index (χ2v) is 4.32. The number of hydrogen-bond acceptors (Lipinski definition) is 4. The Kier molecular flexibility index (Phi) is 4.32. The van der Waals surface area contributed by atoms with Crippen molar-refractivity contribution in [3.8, 4) is 11.5 Å². The summed E-state index contributed by atoms with van der Waals surface area (Å²) in [6, 6.07) is 11.7. The Morgan fingerprint density at radius 3 is 2.35 bits per heavy atom. The van der Waals surface area contributed by atoms with Crippen molar-refractivity contribution in [2.45, 2.75) is 20.0 Å². The largest absolute Gasteiger partial charge is 0.450 e. The monoisotopic (exact) mass is 273 g/mol. The van der Waals surface area contributed by atoms with Crippen molar-refractivity contribution >= 4 is 5.69 Å². The molecule has 20 heavy (non-hydrogen) atoms. The first kappa shape index (κ1) is 14.0. The zero-order valence-electron chi connectivity index (χ0n) is 11.1. The molecule has 0 spiro atoms. The van der Waals surface area contributed by atoms with Crippen LogP contribution < -0.4 is 4.74 Å². The van der Waals surface area contributed by atoms with Gasteiger partial charge in [0.2, 0.25) is 5.75 Å². The number of aliphatic hydroxyl groups is 1. The third-order valence-corrected chi connectivity index (χ3v) is 2.96. The molecular formula is C15H15NO4. The van der Waals surface area contributed by atoms with Crippen molar-refractivity contribution in [2.24, 2.45) is 0 Å². The maximum absolute atomic E-state index is 11.1. The molecule has 0 bridgehead atoms. The highest BCUT2D eigenvalue weighted by Crippen LogP contribution is 2.32. The number of ether oxygens (including phenoxy) is 1. The highest BCUT2D eigenvalue weighted by atomic mass is 16.6. The van der Waals surface area contributed by atoms with Gasteiger partial charge in [0.05, 0.1) is 11.5 Å². The van der Waals surface area contributed by atoms with Crippen LogP contribution in [0.5, 0.6) is 11.5 Å². The Labute approximate surface area is 116 Å². The standard InChI is InChI=1S/C15H15NO4/c1-2-11-5-8-15(14(9-11)16(18)19)20-13-6-3-12(10-17)4-7-13/h3-9,17H,2,10H2,1H3. The van der Waals surface area contributed by atoms with Gasteiger partial charge in [0.25, 0.3) is 0 Å². The number of aryl methyl sites for hydroxylation is 1. The SMILES string of the molecule is CCc1ccc(Oc2ccc(CO)cc2)c([N+](=O)[O-])c1. The minimum absolute atomic E-state index is 0.0458. The van der Waals surface area contributed by atoms with Crippen LogP contribution in [0.4, 0.5) is 5.69 Å². The average Bonchev–Trinajstić information content (AvgIpc) is 2.48. The predicted octanol–water partition coefficient (Wildman–Crippen LogP) is 3.44. The van der Waals surface area contributed by atoms with E-state index in [2.05, 4.69) is 0 Å². The maximum atomic E-state index is 11.1. The lowest BCUT2D eigenvalue weighted by Crippen LogP contribution is -1.95. The highest BCUT2D eigenvalue weighted by molar-refractivity contribution is 5.50. The van der Waals surface area contributed by atoms with E-state index in [1.54, 1.807) is 30.3 Å². The Morgan fingerprint density at radius 2 is 1.80 bits per heavy atom. The number of nitro groups is 1. The van der Waals surface area contributed by atoms with Crippen LogP contribution in [0.2, 0.25) is 0 Å². The fourth-order valence-electron chi connectivity index (χ4n) is 1.80. The number of nitrogens with zero attached hydrogens (tertiary/aromatic N) is 1. The molecule has 0 aliphatic carbocycles. The molecule has 2 aromatic rings. The Hall–Kier alpha value is -2.40. The van der Waals surface area contributed by atoms with Crippen LogP contribution in [0.3, 0.4) is 0 Å². The van der Waals surface area contributed by atoms with E-state index >= 15 is 0 Å². The fourth-order valence-corrected chi connectivity index (χ4v) is 1.80. The predicted molar refractivity (Wildman–Crippen MR) is 74.9 cm³/mol. The molecule has 5 heteroatoms. The molecule has 0 aromatic heterocycles. The number of aliphatic hydroxyl groups excluding tert-OH is 1. The summed E-state index contributed by atoms with van der Waals surface area (Å²) >= 11 is 0. The zero-order valence-corrected chi connectivity index (χ0v) is 11.1. The van der Waals surface area contributed by atoms with Crippen molar-refractivity contribution in [1.29, 1.82) is 0 Å². The maximum Gasteiger partial charge on any atom is 0.311 e. The normalized spacial score (nSPS) is 10.3. The topological polar surface area (TPSA) is 72.6 Å². The van der Waals surface area contributed by atoms with Crippen molar-refractivity contribution < 1.29 is 14.8 Å². The van der Waals surface area contributed by atoms with Crippen molar-refractivity contribution in [3.63, 3.8) is 0 Å². The van der Waals surface area contributed by atoms with Crippen LogP contribution in [0.1, 0.15) is 18.1 Å². The number of rotatable bonds is 5. The molecule has 0 saturated carbocycles. The smallest absolute Gasteiger partial charge is 0.311 e. The molecule has 0 aliphatic rings. The van der Waals surface area contributed by atoms with E-state index in [1.165, 1.54) is 6.07 Å². The minimum Gasteiger partial charge on any atom is -0.450 e. The number of hydrogen-bond donors (Lipinski definition) is 1. The van der Waals surface area contributed by atoms with Crippen LogP contribution in [-0.4, -0.2) is 10.0 Å². The summed E-state index contributed by atoms with van der Waals surface area (Å²) in [7, 11) is 0. The fraction of sp³-hybridized carbons (Fsp3) is 0.200. The van der Waals surface area contributed by atoms with Crippen LogP contribution >= 0.6 is 0 Å². The van der Waals surface area contributed by atoms with Crippen LogP contribution in [0.25, 0.3) is 0 Å². The van der Waals surface area contributed by atoms with E-state index in [4.69, 9.17) is 9.84 Å². The van der Waals surface area contributed by atoms with Gasteiger partial charge in [-0.05, 0) is 35.7 Å². The lowest BCUT2D eigenvalue weighted by Gasteiger charge is -2.08. The molecule has 0 saturated heterocycles. The molecule has 1 N–H and O–H groups in total. The van der Waals surface area contributed by atoms with Gasteiger partial charge >= 0.3 is 5.69 Å². The zero-order chi connectivity index (χ0) is 14.5. The van der Waals surface area contributed by atoms with Crippen molar-refractivity contribution in [2.75, 3.05) is 0 Å². The lowest BCUT2D eigenvalue weighted by molar-refractivity contribution is -0.385. The molecular weight excluding hydrogens is 258 g/mol. The van der Waals surface area contributed by atoms with E-state index in [1.807, 2.05) is 13.0 Å². The Morgan fingerprint density at radius 1 is 1.15 bits per heavy atom. The number of nitro benzene ring substituents is 1. The van der Waals surface area contributed by atoms with Crippen LogP contribution in [0, 0.1) is 10.1 Å². The summed E-state index contributed by atoms with van der Waals surface area (Å²) in [6.07, 6.45) is 0.728. The van der Waals surface area contributed by atoms with E-state index in [9.17, 15) is 10.1 Å². The molecule has 0 fully saturated rings. The summed E-state index contributed by atoms with van der Waals surface area (Å²) in [5.74, 6) is 0.707. The molecule has 0 unspecified atom stereocenters. The third kappa shape index (κ3) is 3.13. The van der Waals surface area contributed by atoms with Gasteiger partial charge in [-0.1, -0.05) is 25.1 Å². The molecule has 2 aromatic carbocycles. The highest BCUT2D eigenvalue weighted by Gasteiger charge is 2.16. The van der Waals surface area contributed by atoms with Gasteiger partial charge in [0.1, 0.15) is 5.75 Å². The average molecular weight is 273 g/mol. The minimum atomic E-state index is -0.448. The second kappa shape index (κ2) is 6.16. The van der Waals surface area contributed by atoms with E-state index in [0.29, 0.717) is 5.75 Å². The Bertz CT molecular complexity index is 608. The van der Waals surface area contributed by atoms with Gasteiger partial charge in [-0.15, -0.1) is 0 Å². The molecule has 0 radical (unpaired) electrons. The summed E-state index contributed by atoms with van der Waals surface area (Å²) in [6.45, 7) is 1.89. The summed E-state index contributed by atoms with van der Waals surface area (Å²) in [5, 5.41) is 20.0. The molecule has 2 rings (SSSR count). The van der Waals surface area contributed by atoms with Gasteiger partial charge in [0.15, 0.2) is 0 Å². The molecule has 0 aliphatic heterocycles. The molecule has 104 valence electrons. The first-order valence-corrected chi connectivity index (χ1v) is 6.29. The van der Waals surface area contributed by atoms with E-state index in [0.717, 1.165) is 17.5 Å². The quantitative estimate of drug-likeness (QED) is 0.669. The molecule has 0 atom stereocenters. The summed E-state index contributed by atoms with van der Waals surface area (Å²) in [5.41, 5.74) is 1.60. The van der Waals surface area contributed by atoms with Gasteiger partial charge < -0.3 is 9.84 Å². The lowest BCUT2D eigenvalue weighted by atomic mass is 10.1. The first-order chi connectivity index (χ1) is 9.63. The summed E-state index contributed by atoms with van der Waals surface area (Å²) in [4.78, 5) is 10.6. The van der Waals surface area contributed by atoms with E-state index < -0.39 is 4.92 Å². The van der Waals surface area contributed by atoms with Crippen LogP contribution in [0.15, 0.2) is 42.5 Å². The van der Waals surface area contributed by atoms with Crippen molar-refractivity contribution in [1.82, 2.24) is 0 Å². The second-order valence-electron chi connectivity index (χ2n) is 4.32. The molecule has 0 amide bonds. The van der Waals surface area contributed by atoms with Gasteiger partial charge in [-0.2, -0.15) is 0 Å². The van der Waals surface area contributed by atoms with Crippen LogP contribution in [-0.2, 0) is 13.0 Å². The number of benzene rings is 2. The molecule has 0 heterocycles.